The van der Waals surface area contributed by atoms with Gasteiger partial charge in [-0.05, 0) is 20.3 Å². The van der Waals surface area contributed by atoms with E-state index in [0.29, 0.717) is 12.3 Å². The molecule has 1 unspecified atom stereocenters. The minimum Gasteiger partial charge on any atom is -0.444 e. The van der Waals surface area contributed by atoms with Crippen LogP contribution in [0.5, 0.6) is 0 Å². The second-order valence-corrected chi connectivity index (χ2v) is 4.29. The summed E-state index contributed by atoms with van der Waals surface area (Å²) in [6.45, 7) is 5.72. The van der Waals surface area contributed by atoms with E-state index < -0.39 is 6.04 Å². The highest BCUT2D eigenvalue weighted by atomic mass is 16.4. The molecule has 5 heteroatoms. The van der Waals surface area contributed by atoms with Crippen molar-refractivity contribution in [2.75, 3.05) is 0 Å². The van der Waals surface area contributed by atoms with Crippen molar-refractivity contribution in [3.8, 4) is 0 Å². The minimum atomic E-state index is -0.451. The van der Waals surface area contributed by atoms with Gasteiger partial charge in [0.25, 0.3) is 0 Å². The van der Waals surface area contributed by atoms with Gasteiger partial charge in [0.2, 0.25) is 11.8 Å². The van der Waals surface area contributed by atoms with Crippen molar-refractivity contribution in [3.05, 3.63) is 17.8 Å². The molecule has 1 heterocycles. The molecule has 0 bridgehead atoms. The van der Waals surface area contributed by atoms with Crippen LogP contribution in [-0.4, -0.2) is 16.9 Å². The first kappa shape index (κ1) is 13.7. The lowest BCUT2D eigenvalue weighted by Crippen LogP contribution is -2.41. The average molecular weight is 239 g/mol. The second kappa shape index (κ2) is 6.39. The van der Waals surface area contributed by atoms with E-state index in [1.54, 1.807) is 6.20 Å². The number of amides is 1. The normalized spacial score (nSPS) is 14.4. The van der Waals surface area contributed by atoms with Crippen LogP contribution in [0.4, 0.5) is 0 Å². The first-order chi connectivity index (χ1) is 8.04. The SMILES string of the molecule is CCCC[C@H](N)C(=O)NC(C)c1ncc(C)o1. The maximum Gasteiger partial charge on any atom is 0.237 e. The molecule has 0 aliphatic carbocycles. The zero-order chi connectivity index (χ0) is 12.8. The van der Waals surface area contributed by atoms with E-state index >= 15 is 0 Å². The van der Waals surface area contributed by atoms with Gasteiger partial charge in [0.05, 0.1) is 12.2 Å². The number of unbranched alkanes of at least 4 members (excludes halogenated alkanes) is 1. The summed E-state index contributed by atoms with van der Waals surface area (Å²) in [5.41, 5.74) is 5.77. The fourth-order valence-corrected chi connectivity index (χ4v) is 1.51. The Morgan fingerprint density at radius 1 is 1.65 bits per heavy atom. The van der Waals surface area contributed by atoms with Crippen LogP contribution in [0.3, 0.4) is 0 Å². The van der Waals surface area contributed by atoms with Crippen molar-refractivity contribution in [1.29, 1.82) is 0 Å². The predicted molar refractivity (Wildman–Crippen MR) is 65.3 cm³/mol. The van der Waals surface area contributed by atoms with Crippen molar-refractivity contribution in [1.82, 2.24) is 10.3 Å². The van der Waals surface area contributed by atoms with Crippen LogP contribution in [0.25, 0.3) is 0 Å². The molecule has 96 valence electrons. The van der Waals surface area contributed by atoms with E-state index in [1.165, 1.54) is 0 Å². The van der Waals surface area contributed by atoms with Crippen molar-refractivity contribution in [2.45, 2.75) is 52.1 Å². The summed E-state index contributed by atoms with van der Waals surface area (Å²) in [6, 6.07) is -0.697. The standard InChI is InChI=1S/C12H21N3O2/c1-4-5-6-10(13)11(16)15-9(3)12-14-7-8(2)17-12/h7,9-10H,4-6,13H2,1-3H3,(H,15,16)/t9?,10-/m0/s1. The Bertz CT molecular complexity index is 362. The molecule has 1 aromatic rings. The Morgan fingerprint density at radius 2 is 2.35 bits per heavy atom. The average Bonchev–Trinajstić information content (AvgIpc) is 2.72. The highest BCUT2D eigenvalue weighted by molar-refractivity contribution is 5.81. The van der Waals surface area contributed by atoms with E-state index in [4.69, 9.17) is 10.2 Å². The summed E-state index contributed by atoms with van der Waals surface area (Å²) >= 11 is 0. The highest BCUT2D eigenvalue weighted by Crippen LogP contribution is 2.12. The van der Waals surface area contributed by atoms with Gasteiger partial charge in [0.1, 0.15) is 11.8 Å². The largest absolute Gasteiger partial charge is 0.444 e. The van der Waals surface area contributed by atoms with Crippen molar-refractivity contribution >= 4 is 5.91 Å². The highest BCUT2D eigenvalue weighted by Gasteiger charge is 2.18. The zero-order valence-corrected chi connectivity index (χ0v) is 10.7. The Morgan fingerprint density at radius 3 is 2.88 bits per heavy atom. The van der Waals surface area contributed by atoms with E-state index in [2.05, 4.69) is 17.2 Å². The molecule has 0 aromatic carbocycles. The van der Waals surface area contributed by atoms with Crippen LogP contribution in [0.2, 0.25) is 0 Å². The van der Waals surface area contributed by atoms with E-state index in [1.807, 2.05) is 13.8 Å². The van der Waals surface area contributed by atoms with Gasteiger partial charge in [0, 0.05) is 0 Å². The van der Waals surface area contributed by atoms with Crippen molar-refractivity contribution in [2.24, 2.45) is 5.73 Å². The molecule has 1 rings (SSSR count). The van der Waals surface area contributed by atoms with Gasteiger partial charge in [-0.1, -0.05) is 19.8 Å². The number of carbonyl (C=O) groups excluding carboxylic acids is 1. The maximum atomic E-state index is 11.7. The second-order valence-electron chi connectivity index (χ2n) is 4.29. The van der Waals surface area contributed by atoms with Crippen LogP contribution >= 0.6 is 0 Å². The first-order valence-corrected chi connectivity index (χ1v) is 6.02. The number of rotatable bonds is 6. The lowest BCUT2D eigenvalue weighted by molar-refractivity contribution is -0.123. The Kier molecular flexibility index (Phi) is 5.15. The van der Waals surface area contributed by atoms with Gasteiger partial charge >= 0.3 is 0 Å². The molecule has 1 aromatic heterocycles. The molecule has 0 spiro atoms. The zero-order valence-electron chi connectivity index (χ0n) is 10.7. The third kappa shape index (κ3) is 4.19. The molecule has 2 atom stereocenters. The van der Waals surface area contributed by atoms with Gasteiger partial charge in [-0.15, -0.1) is 0 Å². The summed E-state index contributed by atoms with van der Waals surface area (Å²) in [4.78, 5) is 15.8. The smallest absolute Gasteiger partial charge is 0.237 e. The number of nitrogens with one attached hydrogen (secondary N) is 1. The van der Waals surface area contributed by atoms with Crippen molar-refractivity contribution in [3.63, 3.8) is 0 Å². The maximum absolute atomic E-state index is 11.7. The Labute approximate surface area is 102 Å². The molecular weight excluding hydrogens is 218 g/mol. The number of hydrogen-bond acceptors (Lipinski definition) is 4. The summed E-state index contributed by atoms with van der Waals surface area (Å²) in [5.74, 6) is 1.09. The summed E-state index contributed by atoms with van der Waals surface area (Å²) in [6.07, 6.45) is 4.34. The molecule has 0 saturated carbocycles. The fourth-order valence-electron chi connectivity index (χ4n) is 1.51. The monoisotopic (exact) mass is 239 g/mol. The lowest BCUT2D eigenvalue weighted by atomic mass is 10.1. The van der Waals surface area contributed by atoms with Crippen molar-refractivity contribution < 1.29 is 9.21 Å². The van der Waals surface area contributed by atoms with E-state index in [-0.39, 0.29) is 11.9 Å². The molecule has 0 aliphatic rings. The van der Waals surface area contributed by atoms with Crippen LogP contribution in [0.1, 0.15) is 50.8 Å². The number of aromatic nitrogens is 1. The van der Waals surface area contributed by atoms with Gasteiger partial charge in [-0.3, -0.25) is 4.79 Å². The molecule has 1 amide bonds. The van der Waals surface area contributed by atoms with Crippen LogP contribution in [0.15, 0.2) is 10.6 Å². The number of nitrogens with two attached hydrogens (primary N) is 1. The van der Waals surface area contributed by atoms with Crippen LogP contribution < -0.4 is 11.1 Å². The van der Waals surface area contributed by atoms with Gasteiger partial charge in [0.15, 0.2) is 0 Å². The molecule has 5 nitrogen and oxygen atoms in total. The summed E-state index contributed by atoms with van der Waals surface area (Å²) in [5, 5.41) is 2.80. The molecule has 0 radical (unpaired) electrons. The van der Waals surface area contributed by atoms with Crippen LogP contribution in [0, 0.1) is 6.92 Å². The molecule has 17 heavy (non-hydrogen) atoms. The Hall–Kier alpha value is -1.36. The topological polar surface area (TPSA) is 81.2 Å². The predicted octanol–water partition coefficient (Wildman–Crippen LogP) is 1.68. The summed E-state index contributed by atoms with van der Waals surface area (Å²) in [7, 11) is 0. The molecular formula is C12H21N3O2. The van der Waals surface area contributed by atoms with Gasteiger partial charge in [-0.2, -0.15) is 0 Å². The van der Waals surface area contributed by atoms with E-state index in [9.17, 15) is 4.79 Å². The molecule has 0 fully saturated rings. The van der Waals surface area contributed by atoms with Gasteiger partial charge < -0.3 is 15.5 Å². The number of oxazole rings is 1. The summed E-state index contributed by atoms with van der Waals surface area (Å²) < 4.78 is 5.34. The molecule has 3 N–H and O–H groups in total. The molecule has 0 aliphatic heterocycles. The van der Waals surface area contributed by atoms with Crippen LogP contribution in [-0.2, 0) is 4.79 Å². The van der Waals surface area contributed by atoms with E-state index in [0.717, 1.165) is 18.6 Å². The first-order valence-electron chi connectivity index (χ1n) is 6.02. The number of carbonyl (C=O) groups is 1. The lowest BCUT2D eigenvalue weighted by Gasteiger charge is -2.15. The number of aryl methyl sites for hydroxylation is 1. The fraction of sp³-hybridized carbons (Fsp3) is 0.667. The van der Waals surface area contributed by atoms with Gasteiger partial charge in [-0.25, -0.2) is 4.98 Å². The number of nitrogens with zero attached hydrogens (tertiary/aromatic N) is 1. The quantitative estimate of drug-likeness (QED) is 0.791. The molecule has 0 saturated heterocycles. The number of hydrogen-bond donors (Lipinski definition) is 2. The minimum absolute atomic E-state index is 0.151. The Balaban J connectivity index is 2.45. The third-order valence-corrected chi connectivity index (χ3v) is 2.57. The third-order valence-electron chi connectivity index (χ3n) is 2.57.